The van der Waals surface area contributed by atoms with E-state index in [4.69, 9.17) is 4.74 Å². The number of rotatable bonds is 5. The highest BCUT2D eigenvalue weighted by Gasteiger charge is 2.12. The van der Waals surface area contributed by atoms with E-state index < -0.39 is 0 Å². The second-order valence-corrected chi connectivity index (χ2v) is 4.68. The normalized spacial score (nSPS) is 10.3. The van der Waals surface area contributed by atoms with E-state index in [1.165, 1.54) is 0 Å². The summed E-state index contributed by atoms with van der Waals surface area (Å²) in [6.45, 7) is 8.11. The van der Waals surface area contributed by atoms with E-state index in [-0.39, 0.29) is 5.91 Å². The third kappa shape index (κ3) is 3.25. The summed E-state index contributed by atoms with van der Waals surface area (Å²) in [7, 11) is 1.66. The highest BCUT2D eigenvalue weighted by Crippen LogP contribution is 2.32. The summed E-state index contributed by atoms with van der Waals surface area (Å²) in [6, 6.07) is 2.01. The van der Waals surface area contributed by atoms with E-state index in [0.29, 0.717) is 6.42 Å². The van der Waals surface area contributed by atoms with Crippen LogP contribution in [0.2, 0.25) is 0 Å². The van der Waals surface area contributed by atoms with Crippen LogP contribution in [0.3, 0.4) is 0 Å². The average molecular weight is 249 g/mol. The summed E-state index contributed by atoms with van der Waals surface area (Å²) in [6.07, 6.45) is 2.53. The third-order valence-corrected chi connectivity index (χ3v) is 3.27. The number of methoxy groups -OCH3 is 1. The Labute approximate surface area is 110 Å². The van der Waals surface area contributed by atoms with E-state index in [0.717, 1.165) is 41.0 Å². The second-order valence-electron chi connectivity index (χ2n) is 4.68. The van der Waals surface area contributed by atoms with Crippen LogP contribution in [0.5, 0.6) is 5.75 Å². The Morgan fingerprint density at radius 1 is 1.28 bits per heavy atom. The summed E-state index contributed by atoms with van der Waals surface area (Å²) in [5.74, 6) is 0.936. The van der Waals surface area contributed by atoms with Gasteiger partial charge in [0.15, 0.2) is 0 Å². The standard InChI is InChI=1S/C15H23NO2/c1-6-7-8-14(17)16-13-9-10(2)11(3)15(18-5)12(13)4/h9H,6-8H2,1-5H3,(H,16,17). The van der Waals surface area contributed by atoms with Crippen molar-refractivity contribution >= 4 is 11.6 Å². The van der Waals surface area contributed by atoms with Crippen molar-refractivity contribution in [2.24, 2.45) is 0 Å². The number of unbranched alkanes of at least 4 members (excludes halogenated alkanes) is 1. The zero-order chi connectivity index (χ0) is 13.7. The maximum absolute atomic E-state index is 11.8. The first-order chi connectivity index (χ1) is 8.51. The average Bonchev–Trinajstić information content (AvgIpc) is 2.34. The molecule has 3 heteroatoms. The number of nitrogens with one attached hydrogen (secondary N) is 1. The number of hydrogen-bond acceptors (Lipinski definition) is 2. The number of carbonyl (C=O) groups is 1. The lowest BCUT2D eigenvalue weighted by molar-refractivity contribution is -0.116. The van der Waals surface area contributed by atoms with Crippen LogP contribution in [-0.4, -0.2) is 13.0 Å². The van der Waals surface area contributed by atoms with Crippen molar-refractivity contribution in [2.75, 3.05) is 12.4 Å². The van der Waals surface area contributed by atoms with Gasteiger partial charge in [0, 0.05) is 17.7 Å². The molecule has 1 rings (SSSR count). The number of aryl methyl sites for hydroxylation is 1. The maximum atomic E-state index is 11.8. The minimum absolute atomic E-state index is 0.0743. The van der Waals surface area contributed by atoms with Crippen LogP contribution in [0, 0.1) is 20.8 Å². The first-order valence-electron chi connectivity index (χ1n) is 6.45. The van der Waals surface area contributed by atoms with E-state index in [1.54, 1.807) is 7.11 Å². The highest BCUT2D eigenvalue weighted by atomic mass is 16.5. The summed E-state index contributed by atoms with van der Waals surface area (Å²) in [4.78, 5) is 11.8. The molecule has 0 fully saturated rings. The molecule has 3 nitrogen and oxygen atoms in total. The van der Waals surface area contributed by atoms with Gasteiger partial charge in [-0.25, -0.2) is 0 Å². The van der Waals surface area contributed by atoms with Gasteiger partial charge in [-0.1, -0.05) is 13.3 Å². The molecule has 1 aromatic carbocycles. The number of hydrogen-bond donors (Lipinski definition) is 1. The van der Waals surface area contributed by atoms with Gasteiger partial charge in [0.2, 0.25) is 5.91 Å². The molecular formula is C15H23NO2. The molecule has 0 aliphatic rings. The molecule has 100 valence electrons. The molecule has 0 saturated heterocycles. The highest BCUT2D eigenvalue weighted by molar-refractivity contribution is 5.92. The topological polar surface area (TPSA) is 38.3 Å². The van der Waals surface area contributed by atoms with Gasteiger partial charge in [-0.15, -0.1) is 0 Å². The van der Waals surface area contributed by atoms with Gasteiger partial charge in [0.05, 0.1) is 7.11 Å². The lowest BCUT2D eigenvalue weighted by atomic mass is 10.0. The number of amides is 1. The van der Waals surface area contributed by atoms with Crippen molar-refractivity contribution < 1.29 is 9.53 Å². The Morgan fingerprint density at radius 3 is 2.50 bits per heavy atom. The fraction of sp³-hybridized carbons (Fsp3) is 0.533. The van der Waals surface area contributed by atoms with Crippen LogP contribution in [0.4, 0.5) is 5.69 Å². The lowest BCUT2D eigenvalue weighted by Gasteiger charge is -2.16. The molecule has 1 amide bonds. The van der Waals surface area contributed by atoms with Gasteiger partial charge in [0.1, 0.15) is 5.75 Å². The van der Waals surface area contributed by atoms with Crippen LogP contribution >= 0.6 is 0 Å². The van der Waals surface area contributed by atoms with Crippen molar-refractivity contribution in [1.29, 1.82) is 0 Å². The van der Waals surface area contributed by atoms with E-state index in [2.05, 4.69) is 12.2 Å². The zero-order valence-corrected chi connectivity index (χ0v) is 12.0. The van der Waals surface area contributed by atoms with Crippen molar-refractivity contribution in [1.82, 2.24) is 0 Å². The molecule has 18 heavy (non-hydrogen) atoms. The Hall–Kier alpha value is -1.51. The van der Waals surface area contributed by atoms with E-state index in [9.17, 15) is 4.79 Å². The van der Waals surface area contributed by atoms with Crippen molar-refractivity contribution in [2.45, 2.75) is 47.0 Å². The van der Waals surface area contributed by atoms with Gasteiger partial charge >= 0.3 is 0 Å². The Bertz CT molecular complexity index is 439. The second kappa shape index (κ2) is 6.43. The van der Waals surface area contributed by atoms with Gasteiger partial charge < -0.3 is 10.1 Å². The monoisotopic (exact) mass is 249 g/mol. The van der Waals surface area contributed by atoms with Crippen LogP contribution in [0.1, 0.15) is 42.9 Å². The molecule has 0 bridgehead atoms. The largest absolute Gasteiger partial charge is 0.496 e. The minimum Gasteiger partial charge on any atom is -0.496 e. The van der Waals surface area contributed by atoms with E-state index >= 15 is 0 Å². The molecule has 0 saturated carbocycles. The molecule has 1 aromatic rings. The Balaban J connectivity index is 2.96. The Morgan fingerprint density at radius 2 is 1.94 bits per heavy atom. The molecule has 0 heterocycles. The summed E-state index contributed by atoms with van der Waals surface area (Å²) < 4.78 is 5.41. The number of anilines is 1. The fourth-order valence-electron chi connectivity index (χ4n) is 2.00. The molecular weight excluding hydrogens is 226 g/mol. The fourth-order valence-corrected chi connectivity index (χ4v) is 2.00. The summed E-state index contributed by atoms with van der Waals surface area (Å²) in [5, 5.41) is 2.97. The van der Waals surface area contributed by atoms with Crippen LogP contribution in [0.25, 0.3) is 0 Å². The number of ether oxygens (including phenoxy) is 1. The molecule has 0 aromatic heterocycles. The van der Waals surface area contributed by atoms with Gasteiger partial charge in [-0.2, -0.15) is 0 Å². The first-order valence-corrected chi connectivity index (χ1v) is 6.45. The summed E-state index contributed by atoms with van der Waals surface area (Å²) in [5.41, 5.74) is 4.10. The lowest BCUT2D eigenvalue weighted by Crippen LogP contribution is -2.13. The molecule has 1 N–H and O–H groups in total. The molecule has 0 aliphatic carbocycles. The van der Waals surface area contributed by atoms with Gasteiger partial charge in [0.25, 0.3) is 0 Å². The molecule has 0 atom stereocenters. The zero-order valence-electron chi connectivity index (χ0n) is 12.0. The SMILES string of the molecule is CCCCC(=O)Nc1cc(C)c(C)c(OC)c1C. The molecule has 0 spiro atoms. The molecule has 0 radical (unpaired) electrons. The van der Waals surface area contributed by atoms with Crippen molar-refractivity contribution in [3.05, 3.63) is 22.8 Å². The number of carbonyl (C=O) groups excluding carboxylic acids is 1. The van der Waals surface area contributed by atoms with Gasteiger partial charge in [-0.3, -0.25) is 4.79 Å². The smallest absolute Gasteiger partial charge is 0.224 e. The van der Waals surface area contributed by atoms with Crippen molar-refractivity contribution in [3.63, 3.8) is 0 Å². The minimum atomic E-state index is 0.0743. The van der Waals surface area contributed by atoms with Crippen LogP contribution in [0.15, 0.2) is 6.07 Å². The third-order valence-electron chi connectivity index (χ3n) is 3.27. The van der Waals surface area contributed by atoms with Gasteiger partial charge in [-0.05, 0) is 44.4 Å². The van der Waals surface area contributed by atoms with Crippen molar-refractivity contribution in [3.8, 4) is 5.75 Å². The van der Waals surface area contributed by atoms with Crippen LogP contribution in [-0.2, 0) is 4.79 Å². The van der Waals surface area contributed by atoms with Crippen LogP contribution < -0.4 is 10.1 Å². The molecule has 0 aliphatic heterocycles. The first kappa shape index (κ1) is 14.6. The maximum Gasteiger partial charge on any atom is 0.224 e. The quantitative estimate of drug-likeness (QED) is 0.863. The predicted octanol–water partition coefficient (Wildman–Crippen LogP) is 3.75. The molecule has 0 unspecified atom stereocenters. The summed E-state index contributed by atoms with van der Waals surface area (Å²) >= 11 is 0. The number of benzene rings is 1. The van der Waals surface area contributed by atoms with E-state index in [1.807, 2.05) is 26.8 Å². The Kier molecular flexibility index (Phi) is 5.20. The predicted molar refractivity (Wildman–Crippen MR) is 75.4 cm³/mol.